The zero-order valence-electron chi connectivity index (χ0n) is 22.0. The van der Waals surface area contributed by atoms with Crippen LogP contribution >= 0.6 is 11.3 Å². The van der Waals surface area contributed by atoms with Gasteiger partial charge in [-0.25, -0.2) is 4.98 Å². The largest absolute Gasteiger partial charge is 0.370 e. The summed E-state index contributed by atoms with van der Waals surface area (Å²) in [6, 6.07) is 8.04. The molecule has 3 heterocycles. The summed E-state index contributed by atoms with van der Waals surface area (Å²) in [5.74, 6) is -0.997. The molecule has 39 heavy (non-hydrogen) atoms. The summed E-state index contributed by atoms with van der Waals surface area (Å²) in [5, 5.41) is 4.98. The van der Waals surface area contributed by atoms with E-state index in [4.69, 9.17) is 11.5 Å². The number of rotatable bonds is 11. The Bertz CT molecular complexity index is 1230. The average Bonchev–Trinajstić information content (AvgIpc) is 3.55. The van der Waals surface area contributed by atoms with Gasteiger partial charge in [0, 0.05) is 30.6 Å². The van der Waals surface area contributed by atoms with Gasteiger partial charge in [0.25, 0.3) is 0 Å². The van der Waals surface area contributed by atoms with E-state index in [-0.39, 0.29) is 42.1 Å². The number of amides is 3. The third kappa shape index (κ3) is 7.20. The predicted octanol–water partition coefficient (Wildman–Crippen LogP) is 1.01. The summed E-state index contributed by atoms with van der Waals surface area (Å²) in [5.41, 5.74) is 12.6. The van der Waals surface area contributed by atoms with E-state index in [9.17, 15) is 19.2 Å². The second kappa shape index (κ2) is 12.8. The normalized spacial score (nSPS) is 19.4. The van der Waals surface area contributed by atoms with Crippen molar-refractivity contribution in [3.05, 3.63) is 52.0 Å². The van der Waals surface area contributed by atoms with Gasteiger partial charge >= 0.3 is 0 Å². The molecule has 2 aromatic rings. The van der Waals surface area contributed by atoms with Gasteiger partial charge in [0.05, 0.1) is 18.6 Å². The van der Waals surface area contributed by atoms with Gasteiger partial charge in [0.15, 0.2) is 11.0 Å². The van der Waals surface area contributed by atoms with E-state index in [1.54, 1.807) is 22.1 Å². The highest BCUT2D eigenvalue weighted by Gasteiger charge is 2.46. The molecule has 5 N–H and O–H groups in total. The number of fused-ring (bicyclic) bond motifs is 1. The first kappa shape index (κ1) is 28.2. The number of Topliss-reactive ketones (excluding diaryl/α,β-unsaturated/α-hetero) is 1. The molecule has 2 aliphatic heterocycles. The number of nitrogens with two attached hydrogens (primary N) is 2. The molecule has 0 radical (unpaired) electrons. The van der Waals surface area contributed by atoms with Crippen molar-refractivity contribution >= 4 is 40.8 Å². The second-order valence-corrected chi connectivity index (χ2v) is 10.8. The number of thiazole rings is 1. The fraction of sp³-hybridized carbons (Fsp3) is 0.481. The first-order valence-electron chi connectivity index (χ1n) is 13.2. The molecule has 1 aromatic heterocycles. The lowest BCUT2D eigenvalue weighted by Gasteiger charge is -2.39. The van der Waals surface area contributed by atoms with Crippen LogP contribution in [0.3, 0.4) is 0 Å². The van der Waals surface area contributed by atoms with Crippen LogP contribution in [0.2, 0.25) is 0 Å². The number of aliphatic imine (C=N–C) groups is 1. The molecule has 0 saturated carbocycles. The Morgan fingerprint density at radius 1 is 1.21 bits per heavy atom. The van der Waals surface area contributed by atoms with Gasteiger partial charge in [0.1, 0.15) is 6.04 Å². The fourth-order valence-electron chi connectivity index (χ4n) is 5.16. The Morgan fingerprint density at radius 2 is 1.97 bits per heavy atom. The minimum atomic E-state index is -0.813. The zero-order chi connectivity index (χ0) is 27.9. The van der Waals surface area contributed by atoms with Gasteiger partial charge in [0.2, 0.25) is 23.5 Å². The topological polar surface area (TPSA) is 164 Å². The Balaban J connectivity index is 1.37. The van der Waals surface area contributed by atoms with Crippen molar-refractivity contribution < 1.29 is 19.2 Å². The molecule has 4 rings (SSSR count). The molecule has 0 aliphatic carbocycles. The van der Waals surface area contributed by atoms with Crippen LogP contribution in [0.4, 0.5) is 0 Å². The minimum absolute atomic E-state index is 0.0364. The van der Waals surface area contributed by atoms with Crippen molar-refractivity contribution in [2.45, 2.75) is 63.6 Å². The van der Waals surface area contributed by atoms with E-state index in [2.05, 4.69) is 15.3 Å². The van der Waals surface area contributed by atoms with E-state index in [1.165, 1.54) is 11.3 Å². The third-order valence-corrected chi connectivity index (χ3v) is 8.06. The highest BCUT2D eigenvalue weighted by molar-refractivity contribution is 7.11. The van der Waals surface area contributed by atoms with Gasteiger partial charge in [-0.15, -0.1) is 11.3 Å². The Morgan fingerprint density at radius 3 is 2.67 bits per heavy atom. The van der Waals surface area contributed by atoms with Crippen LogP contribution in [-0.4, -0.2) is 82.0 Å². The van der Waals surface area contributed by atoms with Crippen molar-refractivity contribution in [2.75, 3.05) is 19.6 Å². The van der Waals surface area contributed by atoms with Crippen LogP contribution < -0.4 is 16.8 Å². The van der Waals surface area contributed by atoms with E-state index in [1.807, 2.05) is 30.3 Å². The summed E-state index contributed by atoms with van der Waals surface area (Å²) < 4.78 is 0. The lowest BCUT2D eigenvalue weighted by Crippen LogP contribution is -2.60. The van der Waals surface area contributed by atoms with Crippen molar-refractivity contribution in [1.82, 2.24) is 20.1 Å². The number of ketones is 1. The Labute approximate surface area is 231 Å². The van der Waals surface area contributed by atoms with Gasteiger partial charge in [-0.2, -0.15) is 0 Å². The van der Waals surface area contributed by atoms with Crippen LogP contribution in [0.5, 0.6) is 0 Å². The molecule has 11 nitrogen and oxygen atoms in total. The van der Waals surface area contributed by atoms with Crippen LogP contribution in [0, 0.1) is 6.92 Å². The molecule has 3 amide bonds. The van der Waals surface area contributed by atoms with Crippen molar-refractivity contribution in [3.63, 3.8) is 0 Å². The maximum Gasteiger partial charge on any atom is 0.243 e. The van der Waals surface area contributed by atoms with Crippen molar-refractivity contribution in [3.8, 4) is 0 Å². The Hall–Kier alpha value is -3.80. The van der Waals surface area contributed by atoms with Gasteiger partial charge in [-0.3, -0.25) is 24.2 Å². The molecule has 12 heteroatoms. The maximum absolute atomic E-state index is 13.4. The minimum Gasteiger partial charge on any atom is -0.370 e. The lowest BCUT2D eigenvalue weighted by atomic mass is 10.1. The second-order valence-electron chi connectivity index (χ2n) is 9.98. The highest BCUT2D eigenvalue weighted by atomic mass is 32.1. The molecule has 2 saturated heterocycles. The van der Waals surface area contributed by atoms with Crippen LogP contribution in [-0.2, 0) is 20.8 Å². The summed E-state index contributed by atoms with van der Waals surface area (Å²) in [6.45, 7) is 2.48. The van der Waals surface area contributed by atoms with Gasteiger partial charge in [-0.1, -0.05) is 30.3 Å². The smallest absolute Gasteiger partial charge is 0.243 e. The van der Waals surface area contributed by atoms with E-state index >= 15 is 0 Å². The standard InChI is InChI=1S/C27H35N7O4S/c1-17-16-39-26(31-17)24(37)20(8-5-13-30-27(28)29)32-25(38)21-11-10-19-14-33(15-23(36)34(19)21)22(35)12-9-18-6-3-2-4-7-18/h2-4,6-7,16,19-21H,5,8-15H2,1H3,(H,32,38)(H4,28,29,30). The average molecular weight is 554 g/mol. The molecular weight excluding hydrogens is 518 g/mol. The number of benzene rings is 1. The molecule has 2 fully saturated rings. The van der Waals surface area contributed by atoms with Gasteiger partial charge in [-0.05, 0) is 44.6 Å². The summed E-state index contributed by atoms with van der Waals surface area (Å²) in [6.07, 6.45) is 2.83. The number of nitrogens with zero attached hydrogens (tertiary/aromatic N) is 4. The van der Waals surface area contributed by atoms with Crippen LogP contribution in [0.1, 0.15) is 53.2 Å². The van der Waals surface area contributed by atoms with E-state index in [0.29, 0.717) is 56.6 Å². The molecule has 1 aromatic carbocycles. The summed E-state index contributed by atoms with van der Waals surface area (Å²) >= 11 is 1.23. The molecular formula is C27H35N7O4S. The number of nitrogens with one attached hydrogen (secondary N) is 1. The SMILES string of the molecule is Cc1csc(C(=O)C(CCCN=C(N)N)NC(=O)C2CCC3CN(C(=O)CCc4ccccc4)CC(=O)N32)n1. The number of guanidine groups is 1. The molecule has 0 spiro atoms. The summed E-state index contributed by atoms with van der Waals surface area (Å²) in [4.78, 5) is 64.0. The predicted molar refractivity (Wildman–Crippen MR) is 148 cm³/mol. The van der Waals surface area contributed by atoms with E-state index < -0.39 is 12.1 Å². The highest BCUT2D eigenvalue weighted by Crippen LogP contribution is 2.29. The number of carbonyl (C=O) groups is 4. The molecule has 3 atom stereocenters. The van der Waals surface area contributed by atoms with Crippen molar-refractivity contribution in [2.24, 2.45) is 16.5 Å². The van der Waals surface area contributed by atoms with Crippen LogP contribution in [0.25, 0.3) is 0 Å². The number of hydrogen-bond acceptors (Lipinski definition) is 7. The van der Waals surface area contributed by atoms with E-state index in [0.717, 1.165) is 11.3 Å². The number of piperazine rings is 1. The number of aryl methyl sites for hydroxylation is 2. The number of hydrogen-bond donors (Lipinski definition) is 3. The zero-order valence-corrected chi connectivity index (χ0v) is 22.9. The summed E-state index contributed by atoms with van der Waals surface area (Å²) in [7, 11) is 0. The Kier molecular flexibility index (Phi) is 9.28. The molecule has 208 valence electrons. The quantitative estimate of drug-likeness (QED) is 0.162. The molecule has 2 aliphatic rings. The number of carbonyl (C=O) groups excluding carboxylic acids is 4. The van der Waals surface area contributed by atoms with Crippen LogP contribution in [0.15, 0.2) is 40.7 Å². The fourth-order valence-corrected chi connectivity index (χ4v) is 5.95. The number of aromatic nitrogens is 1. The molecule has 0 bridgehead atoms. The van der Waals surface area contributed by atoms with Gasteiger partial charge < -0.3 is 26.6 Å². The maximum atomic E-state index is 13.4. The monoisotopic (exact) mass is 553 g/mol. The molecule has 3 unspecified atom stereocenters. The van der Waals surface area contributed by atoms with Crippen molar-refractivity contribution in [1.29, 1.82) is 0 Å². The first-order chi connectivity index (χ1) is 18.7. The lowest BCUT2D eigenvalue weighted by molar-refractivity contribution is -0.151. The third-order valence-electron chi connectivity index (χ3n) is 7.08. The first-order valence-corrected chi connectivity index (χ1v) is 14.1.